The molecule has 0 amide bonds. The molecule has 2 aliphatic heterocycles. The number of pyridine rings is 1. The Bertz CT molecular complexity index is 698. The second-order valence-corrected chi connectivity index (χ2v) is 7.06. The molecule has 0 spiro atoms. The maximum absolute atomic E-state index is 5.45. The van der Waals surface area contributed by atoms with Gasteiger partial charge in [-0.05, 0) is 43.5 Å². The molecule has 0 radical (unpaired) electrons. The van der Waals surface area contributed by atoms with Gasteiger partial charge in [0.1, 0.15) is 5.82 Å². The molecule has 25 heavy (non-hydrogen) atoms. The third kappa shape index (κ3) is 3.70. The number of aromatic nitrogens is 1. The maximum Gasteiger partial charge on any atom is 0.128 e. The summed E-state index contributed by atoms with van der Waals surface area (Å²) in [6.45, 7) is 7.84. The fourth-order valence-electron chi connectivity index (χ4n) is 4.06. The third-order valence-corrected chi connectivity index (χ3v) is 5.40. The lowest BCUT2D eigenvalue weighted by Crippen LogP contribution is -2.37. The Hall–Kier alpha value is -1.91. The highest BCUT2D eigenvalue weighted by Gasteiger charge is 2.28. The Kier molecular flexibility index (Phi) is 4.99. The highest BCUT2D eigenvalue weighted by Crippen LogP contribution is 2.35. The van der Waals surface area contributed by atoms with E-state index in [9.17, 15) is 0 Å². The van der Waals surface area contributed by atoms with Gasteiger partial charge in [-0.1, -0.05) is 36.4 Å². The zero-order valence-corrected chi connectivity index (χ0v) is 15.0. The van der Waals surface area contributed by atoms with Gasteiger partial charge >= 0.3 is 0 Å². The minimum Gasteiger partial charge on any atom is -0.378 e. The van der Waals surface area contributed by atoms with Gasteiger partial charge < -0.3 is 9.64 Å². The minimum atomic E-state index is 0.492. The molecule has 0 saturated carbocycles. The number of benzene rings is 1. The first-order chi connectivity index (χ1) is 12.3. The molecule has 2 saturated heterocycles. The highest BCUT2D eigenvalue weighted by molar-refractivity contribution is 5.43. The van der Waals surface area contributed by atoms with Crippen LogP contribution in [0, 0.1) is 6.92 Å². The van der Waals surface area contributed by atoms with E-state index >= 15 is 0 Å². The summed E-state index contributed by atoms with van der Waals surface area (Å²) in [7, 11) is 0. The summed E-state index contributed by atoms with van der Waals surface area (Å²) in [6.07, 6.45) is 2.49. The third-order valence-electron chi connectivity index (χ3n) is 5.40. The van der Waals surface area contributed by atoms with Crippen molar-refractivity contribution in [1.82, 2.24) is 9.88 Å². The molecule has 0 aliphatic carbocycles. The molecule has 2 aromatic rings. The standard InChI is InChI=1S/C21H27N3O/c1-17-19(9-10-21(22-17)23-12-14-25-15-13-23)20-8-5-11-24(20)16-18-6-3-2-4-7-18/h2-4,6-7,9-10,20H,5,8,11-16H2,1H3. The molecule has 4 rings (SSSR count). The average Bonchev–Trinajstić information content (AvgIpc) is 3.11. The number of hydrogen-bond acceptors (Lipinski definition) is 4. The Labute approximate surface area is 150 Å². The lowest BCUT2D eigenvalue weighted by atomic mass is 10.0. The molecule has 0 bridgehead atoms. The van der Waals surface area contributed by atoms with Crippen LogP contribution in [0.5, 0.6) is 0 Å². The van der Waals surface area contributed by atoms with Crippen LogP contribution in [0.1, 0.15) is 35.7 Å². The van der Waals surface area contributed by atoms with Gasteiger partial charge in [0.05, 0.1) is 13.2 Å². The van der Waals surface area contributed by atoms with E-state index in [0.717, 1.165) is 38.7 Å². The van der Waals surface area contributed by atoms with Crippen LogP contribution in [0.2, 0.25) is 0 Å². The number of hydrogen-bond donors (Lipinski definition) is 0. The van der Waals surface area contributed by atoms with E-state index in [1.165, 1.54) is 36.2 Å². The van der Waals surface area contributed by atoms with Crippen LogP contribution in [-0.4, -0.2) is 42.7 Å². The van der Waals surface area contributed by atoms with Gasteiger partial charge in [0, 0.05) is 31.4 Å². The molecule has 2 fully saturated rings. The van der Waals surface area contributed by atoms with E-state index < -0.39 is 0 Å². The molecule has 1 aromatic carbocycles. The van der Waals surface area contributed by atoms with Crippen LogP contribution < -0.4 is 4.90 Å². The van der Waals surface area contributed by atoms with Crippen LogP contribution >= 0.6 is 0 Å². The van der Waals surface area contributed by atoms with Crippen molar-refractivity contribution in [2.45, 2.75) is 32.4 Å². The minimum absolute atomic E-state index is 0.492. The first-order valence-corrected chi connectivity index (χ1v) is 9.39. The van der Waals surface area contributed by atoms with Crippen molar-refractivity contribution in [1.29, 1.82) is 0 Å². The number of morpholine rings is 1. The van der Waals surface area contributed by atoms with Crippen LogP contribution in [-0.2, 0) is 11.3 Å². The van der Waals surface area contributed by atoms with Gasteiger partial charge in [-0.3, -0.25) is 4.90 Å². The molecule has 1 aromatic heterocycles. The van der Waals surface area contributed by atoms with Crippen LogP contribution in [0.3, 0.4) is 0 Å². The number of anilines is 1. The van der Waals surface area contributed by atoms with E-state index in [2.05, 4.69) is 59.2 Å². The summed E-state index contributed by atoms with van der Waals surface area (Å²) in [4.78, 5) is 9.86. The quantitative estimate of drug-likeness (QED) is 0.853. The smallest absolute Gasteiger partial charge is 0.128 e. The van der Waals surface area contributed by atoms with Gasteiger partial charge in [0.2, 0.25) is 0 Å². The fourth-order valence-corrected chi connectivity index (χ4v) is 4.06. The number of rotatable bonds is 4. The van der Waals surface area contributed by atoms with E-state index in [1.54, 1.807) is 0 Å². The predicted molar refractivity (Wildman–Crippen MR) is 101 cm³/mol. The number of ether oxygens (including phenoxy) is 1. The number of likely N-dealkylation sites (tertiary alicyclic amines) is 1. The van der Waals surface area contributed by atoms with Crippen molar-refractivity contribution in [2.24, 2.45) is 0 Å². The Morgan fingerprint density at radius 3 is 2.60 bits per heavy atom. The molecule has 1 atom stereocenters. The van der Waals surface area contributed by atoms with Crippen LogP contribution in [0.25, 0.3) is 0 Å². The van der Waals surface area contributed by atoms with Crippen LogP contribution in [0.4, 0.5) is 5.82 Å². The van der Waals surface area contributed by atoms with E-state index in [-0.39, 0.29) is 0 Å². The summed E-state index contributed by atoms with van der Waals surface area (Å²) in [5.41, 5.74) is 3.96. The summed E-state index contributed by atoms with van der Waals surface area (Å²) in [5, 5.41) is 0. The number of aryl methyl sites for hydroxylation is 1. The normalized spacial score (nSPS) is 21.6. The molecule has 4 heteroatoms. The molecular weight excluding hydrogens is 310 g/mol. The van der Waals surface area contributed by atoms with E-state index in [4.69, 9.17) is 9.72 Å². The predicted octanol–water partition coefficient (Wildman–Crippen LogP) is 3.56. The van der Waals surface area contributed by atoms with Gasteiger partial charge in [0.15, 0.2) is 0 Å². The molecule has 4 nitrogen and oxygen atoms in total. The zero-order valence-electron chi connectivity index (χ0n) is 15.0. The second kappa shape index (κ2) is 7.54. The molecule has 132 valence electrons. The van der Waals surface area contributed by atoms with Crippen molar-refractivity contribution >= 4 is 5.82 Å². The van der Waals surface area contributed by atoms with Crippen molar-refractivity contribution in [3.8, 4) is 0 Å². The van der Waals surface area contributed by atoms with Gasteiger partial charge in [-0.15, -0.1) is 0 Å². The first-order valence-electron chi connectivity index (χ1n) is 9.39. The summed E-state index contributed by atoms with van der Waals surface area (Å²) >= 11 is 0. The van der Waals surface area contributed by atoms with E-state index in [1.807, 2.05) is 0 Å². The van der Waals surface area contributed by atoms with Crippen molar-refractivity contribution in [3.63, 3.8) is 0 Å². The monoisotopic (exact) mass is 337 g/mol. The largest absolute Gasteiger partial charge is 0.378 e. The van der Waals surface area contributed by atoms with Crippen molar-refractivity contribution in [3.05, 3.63) is 59.3 Å². The summed E-state index contributed by atoms with van der Waals surface area (Å²) in [6, 6.07) is 15.8. The Morgan fingerprint density at radius 1 is 1.04 bits per heavy atom. The molecule has 1 unspecified atom stereocenters. The zero-order chi connectivity index (χ0) is 17.1. The van der Waals surface area contributed by atoms with Gasteiger partial charge in [-0.25, -0.2) is 4.98 Å². The first kappa shape index (κ1) is 16.6. The Morgan fingerprint density at radius 2 is 1.84 bits per heavy atom. The topological polar surface area (TPSA) is 28.6 Å². The summed E-state index contributed by atoms with van der Waals surface area (Å²) in [5.74, 6) is 1.09. The van der Waals surface area contributed by atoms with Crippen LogP contribution in [0.15, 0.2) is 42.5 Å². The average molecular weight is 337 g/mol. The SMILES string of the molecule is Cc1nc(N2CCOCC2)ccc1C1CCCN1Cc1ccccc1. The molecule has 0 N–H and O–H groups in total. The molecule has 2 aliphatic rings. The van der Waals surface area contributed by atoms with Crippen molar-refractivity contribution < 1.29 is 4.74 Å². The maximum atomic E-state index is 5.45. The van der Waals surface area contributed by atoms with Gasteiger partial charge in [0.25, 0.3) is 0 Å². The van der Waals surface area contributed by atoms with E-state index in [0.29, 0.717) is 6.04 Å². The lowest BCUT2D eigenvalue weighted by molar-refractivity contribution is 0.122. The lowest BCUT2D eigenvalue weighted by Gasteiger charge is -2.30. The summed E-state index contributed by atoms with van der Waals surface area (Å²) < 4.78 is 5.45. The van der Waals surface area contributed by atoms with Crippen molar-refractivity contribution in [2.75, 3.05) is 37.7 Å². The number of nitrogens with zero attached hydrogens (tertiary/aromatic N) is 3. The highest BCUT2D eigenvalue weighted by atomic mass is 16.5. The van der Waals surface area contributed by atoms with Gasteiger partial charge in [-0.2, -0.15) is 0 Å². The Balaban J connectivity index is 1.51. The molecular formula is C21H27N3O. The second-order valence-electron chi connectivity index (χ2n) is 7.06. The fraction of sp³-hybridized carbons (Fsp3) is 0.476. The molecule has 3 heterocycles.